The summed E-state index contributed by atoms with van der Waals surface area (Å²) in [7, 11) is 0. The zero-order valence-electron chi connectivity index (χ0n) is 20.0. The molecule has 1 aromatic carbocycles. The molecule has 1 spiro atoms. The Morgan fingerprint density at radius 2 is 1.91 bits per heavy atom. The number of H-pyrrole nitrogens is 1. The van der Waals surface area contributed by atoms with Crippen LogP contribution in [0.25, 0.3) is 10.9 Å². The van der Waals surface area contributed by atoms with Crippen LogP contribution < -0.4 is 10.1 Å². The molecule has 8 heteroatoms. The van der Waals surface area contributed by atoms with Gasteiger partial charge < -0.3 is 15.0 Å². The van der Waals surface area contributed by atoms with Crippen molar-refractivity contribution in [2.24, 2.45) is 29.1 Å². The Balaban J connectivity index is 0.985. The maximum absolute atomic E-state index is 12.7. The van der Waals surface area contributed by atoms with Crippen molar-refractivity contribution >= 4 is 22.5 Å². The van der Waals surface area contributed by atoms with Gasteiger partial charge in [0.15, 0.2) is 0 Å². The number of halogens is 3. The van der Waals surface area contributed by atoms with E-state index < -0.39 is 12.7 Å². The van der Waals surface area contributed by atoms with Crippen LogP contribution in [0.4, 0.5) is 18.9 Å². The average Bonchev–Trinajstić information content (AvgIpc) is 3.38. The number of anilines is 1. The molecule has 190 valence electrons. The number of hydrogen-bond donors (Lipinski definition) is 2. The van der Waals surface area contributed by atoms with Gasteiger partial charge >= 0.3 is 6.18 Å². The van der Waals surface area contributed by atoms with E-state index in [1.165, 1.54) is 19.3 Å². The predicted molar refractivity (Wildman–Crippen MR) is 128 cm³/mol. The summed E-state index contributed by atoms with van der Waals surface area (Å²) in [6.45, 7) is 0.960. The van der Waals surface area contributed by atoms with Gasteiger partial charge in [-0.2, -0.15) is 13.2 Å². The monoisotopic (exact) mass is 489 g/mol. The highest BCUT2D eigenvalue weighted by molar-refractivity contribution is 6.03. The first-order valence-corrected chi connectivity index (χ1v) is 13.1. The molecule has 0 bridgehead atoms. The fourth-order valence-electron chi connectivity index (χ4n) is 7.27. The fourth-order valence-corrected chi connectivity index (χ4v) is 7.27. The van der Waals surface area contributed by atoms with Crippen LogP contribution in [0.1, 0.15) is 51.4 Å². The molecule has 1 unspecified atom stereocenters. The van der Waals surface area contributed by atoms with Crippen LogP contribution >= 0.6 is 0 Å². The molecule has 1 saturated heterocycles. The van der Waals surface area contributed by atoms with E-state index in [1.807, 2.05) is 24.4 Å². The molecule has 3 saturated carbocycles. The summed E-state index contributed by atoms with van der Waals surface area (Å²) >= 11 is 0. The van der Waals surface area contributed by atoms with E-state index in [1.54, 1.807) is 4.90 Å². The van der Waals surface area contributed by atoms with Crippen molar-refractivity contribution in [2.45, 2.75) is 57.5 Å². The lowest BCUT2D eigenvalue weighted by molar-refractivity contribution is -0.144. The minimum atomic E-state index is -4.11. The number of hydrogen-bond acceptors (Lipinski definition) is 3. The number of benzene rings is 1. The van der Waals surface area contributed by atoms with E-state index in [0.29, 0.717) is 42.9 Å². The minimum Gasteiger partial charge on any atom is -0.494 e. The van der Waals surface area contributed by atoms with Crippen LogP contribution in [0.5, 0.6) is 5.75 Å². The lowest BCUT2D eigenvalue weighted by atomic mass is 9.51. The first-order valence-electron chi connectivity index (χ1n) is 13.1. The standard InChI is InChI=1S/C27H34F3N3O2/c28-27(29,30)16-33-14-18-8-17(9-19(18)15-33)4-7-35-21-2-3-23-22(10-21)24(13-31-23)32-25(34)20-11-26(12-20)5-1-6-26/h2-3,10,13,17-20,31H,1,4-9,11-12,14-16H2,(H,32,34)/t17?,18-,19+. The average molecular weight is 490 g/mol. The van der Waals surface area contributed by atoms with Crippen molar-refractivity contribution in [3.8, 4) is 5.75 Å². The lowest BCUT2D eigenvalue weighted by Crippen LogP contribution is -2.47. The number of nitrogens with zero attached hydrogens (tertiary/aromatic N) is 1. The van der Waals surface area contributed by atoms with Gasteiger partial charge in [-0.3, -0.25) is 9.69 Å². The molecule has 4 aliphatic rings. The van der Waals surface area contributed by atoms with E-state index in [9.17, 15) is 18.0 Å². The number of fused-ring (bicyclic) bond motifs is 2. The molecule has 1 aromatic heterocycles. The van der Waals surface area contributed by atoms with Crippen molar-refractivity contribution in [3.63, 3.8) is 0 Å². The Hall–Kier alpha value is -2.22. The third-order valence-electron chi connectivity index (χ3n) is 9.18. The quantitative estimate of drug-likeness (QED) is 0.503. The minimum absolute atomic E-state index is 0.121. The molecular formula is C27H34F3N3O2. The zero-order chi connectivity index (χ0) is 24.2. The zero-order valence-corrected chi connectivity index (χ0v) is 20.0. The van der Waals surface area contributed by atoms with Crippen LogP contribution in [0.2, 0.25) is 0 Å². The van der Waals surface area contributed by atoms with E-state index in [2.05, 4.69) is 10.3 Å². The van der Waals surface area contributed by atoms with Gasteiger partial charge in [-0.1, -0.05) is 6.42 Å². The molecule has 2 N–H and O–H groups in total. The van der Waals surface area contributed by atoms with Crippen LogP contribution in [0.15, 0.2) is 24.4 Å². The highest BCUT2D eigenvalue weighted by Crippen LogP contribution is 2.58. The van der Waals surface area contributed by atoms with Gasteiger partial charge in [-0.25, -0.2) is 0 Å². The van der Waals surface area contributed by atoms with Crippen LogP contribution in [-0.2, 0) is 4.79 Å². The Labute approximate surface area is 203 Å². The molecule has 2 aromatic rings. The molecule has 1 aliphatic heterocycles. The largest absolute Gasteiger partial charge is 0.494 e. The van der Waals surface area contributed by atoms with Gasteiger partial charge in [-0.05, 0) is 86.3 Å². The Bertz CT molecular complexity index is 1070. The SMILES string of the molecule is O=C(Nc1c[nH]c2ccc(OCCC3C[C@@H]4CN(CC(F)(F)F)C[C@@H]4C3)cc12)C1CC2(CCC2)C1. The molecule has 3 aliphatic carbocycles. The topological polar surface area (TPSA) is 57.4 Å². The molecule has 1 amide bonds. The van der Waals surface area contributed by atoms with Gasteiger partial charge in [0.2, 0.25) is 5.91 Å². The summed E-state index contributed by atoms with van der Waals surface area (Å²) in [4.78, 5) is 17.5. The van der Waals surface area contributed by atoms with Crippen molar-refractivity contribution < 1.29 is 22.7 Å². The maximum atomic E-state index is 12.7. The molecule has 3 atom stereocenters. The second-order valence-electron chi connectivity index (χ2n) is 11.7. The van der Waals surface area contributed by atoms with Crippen molar-refractivity contribution in [1.29, 1.82) is 0 Å². The van der Waals surface area contributed by atoms with Crippen molar-refractivity contribution in [2.75, 3.05) is 31.6 Å². The molecule has 5 nitrogen and oxygen atoms in total. The van der Waals surface area contributed by atoms with Gasteiger partial charge in [0, 0.05) is 36.1 Å². The van der Waals surface area contributed by atoms with Gasteiger partial charge in [0.1, 0.15) is 5.75 Å². The number of likely N-dealkylation sites (tertiary alicyclic amines) is 1. The molecule has 35 heavy (non-hydrogen) atoms. The highest BCUT2D eigenvalue weighted by Gasteiger charge is 2.50. The predicted octanol–water partition coefficient (Wildman–Crippen LogP) is 5.98. The normalized spacial score (nSPS) is 28.1. The molecule has 0 radical (unpaired) electrons. The number of carbonyl (C=O) groups excluding carboxylic acids is 1. The van der Waals surface area contributed by atoms with Crippen molar-refractivity contribution in [3.05, 3.63) is 24.4 Å². The lowest BCUT2D eigenvalue weighted by Gasteiger charge is -2.53. The number of alkyl halides is 3. The third kappa shape index (κ3) is 4.78. The third-order valence-corrected chi connectivity index (χ3v) is 9.18. The highest BCUT2D eigenvalue weighted by atomic mass is 19.4. The number of ether oxygens (including phenoxy) is 1. The van der Waals surface area contributed by atoms with Crippen LogP contribution in [-0.4, -0.2) is 48.2 Å². The molecule has 4 fully saturated rings. The Morgan fingerprint density at radius 3 is 2.57 bits per heavy atom. The summed E-state index contributed by atoms with van der Waals surface area (Å²) in [6, 6.07) is 5.89. The second-order valence-corrected chi connectivity index (χ2v) is 11.7. The van der Waals surface area contributed by atoms with Gasteiger partial charge in [0.25, 0.3) is 0 Å². The van der Waals surface area contributed by atoms with E-state index in [4.69, 9.17) is 4.74 Å². The number of carbonyl (C=O) groups is 1. The Morgan fingerprint density at radius 1 is 1.17 bits per heavy atom. The van der Waals surface area contributed by atoms with Gasteiger partial charge in [0.05, 0.1) is 18.8 Å². The van der Waals surface area contributed by atoms with E-state index in [-0.39, 0.29) is 11.8 Å². The smallest absolute Gasteiger partial charge is 0.401 e. The van der Waals surface area contributed by atoms with Crippen LogP contribution in [0.3, 0.4) is 0 Å². The number of amides is 1. The van der Waals surface area contributed by atoms with Gasteiger partial charge in [-0.15, -0.1) is 0 Å². The van der Waals surface area contributed by atoms with E-state index >= 15 is 0 Å². The molecular weight excluding hydrogens is 455 g/mol. The van der Waals surface area contributed by atoms with E-state index in [0.717, 1.165) is 54.4 Å². The number of aromatic amines is 1. The fraction of sp³-hybridized carbons (Fsp3) is 0.667. The first-order chi connectivity index (χ1) is 16.8. The first kappa shape index (κ1) is 23.2. The maximum Gasteiger partial charge on any atom is 0.401 e. The summed E-state index contributed by atoms with van der Waals surface area (Å²) < 4.78 is 44.1. The summed E-state index contributed by atoms with van der Waals surface area (Å²) in [6.07, 6.45) is 6.58. The number of rotatable bonds is 7. The summed E-state index contributed by atoms with van der Waals surface area (Å²) in [5.41, 5.74) is 2.24. The number of aromatic nitrogens is 1. The second kappa shape index (κ2) is 8.71. The summed E-state index contributed by atoms with van der Waals surface area (Å²) in [5, 5.41) is 4.07. The Kier molecular flexibility index (Phi) is 5.78. The molecule has 6 rings (SSSR count). The summed E-state index contributed by atoms with van der Waals surface area (Å²) in [5.74, 6) is 2.32. The van der Waals surface area contributed by atoms with Crippen LogP contribution in [0, 0.1) is 29.1 Å². The molecule has 2 heterocycles. The van der Waals surface area contributed by atoms with Crippen molar-refractivity contribution in [1.82, 2.24) is 9.88 Å². The number of nitrogens with one attached hydrogen (secondary N) is 2.